The Morgan fingerprint density at radius 1 is 1.07 bits per heavy atom. The third kappa shape index (κ3) is 3.56. The number of piperazine rings is 1. The zero-order valence-electron chi connectivity index (χ0n) is 15.0. The van der Waals surface area contributed by atoms with Crippen LogP contribution in [0.5, 0.6) is 0 Å². The highest BCUT2D eigenvalue weighted by Crippen LogP contribution is 2.34. The summed E-state index contributed by atoms with van der Waals surface area (Å²) in [6, 6.07) is 19.2. The minimum atomic E-state index is -0.129. The highest BCUT2D eigenvalue weighted by atomic mass is 16.2. The fourth-order valence-corrected chi connectivity index (χ4v) is 3.69. The lowest BCUT2D eigenvalue weighted by Gasteiger charge is -2.41. The van der Waals surface area contributed by atoms with E-state index in [-0.39, 0.29) is 30.3 Å². The number of hydrogen-bond donors (Lipinski definition) is 0. The molecule has 4 rings (SSSR count). The lowest BCUT2D eigenvalue weighted by molar-refractivity contribution is -0.140. The maximum atomic E-state index is 12.8. The van der Waals surface area contributed by atoms with Crippen molar-refractivity contribution < 1.29 is 9.59 Å². The van der Waals surface area contributed by atoms with Gasteiger partial charge >= 0.3 is 0 Å². The van der Waals surface area contributed by atoms with Crippen molar-refractivity contribution >= 4 is 17.5 Å². The zero-order chi connectivity index (χ0) is 18.8. The van der Waals surface area contributed by atoms with Crippen molar-refractivity contribution in [1.29, 1.82) is 5.26 Å². The molecule has 1 saturated carbocycles. The molecule has 2 fully saturated rings. The molecule has 0 unspecified atom stereocenters. The van der Waals surface area contributed by atoms with Gasteiger partial charge in [0.15, 0.2) is 0 Å². The molecular formula is C22H21N3O2. The third-order valence-electron chi connectivity index (χ3n) is 5.28. The summed E-state index contributed by atoms with van der Waals surface area (Å²) < 4.78 is 0. The van der Waals surface area contributed by atoms with Gasteiger partial charge in [-0.2, -0.15) is 5.26 Å². The van der Waals surface area contributed by atoms with Crippen LogP contribution in [0.25, 0.3) is 0 Å². The summed E-state index contributed by atoms with van der Waals surface area (Å²) >= 11 is 0. The van der Waals surface area contributed by atoms with E-state index in [1.165, 1.54) is 0 Å². The fourth-order valence-electron chi connectivity index (χ4n) is 3.69. The van der Waals surface area contributed by atoms with Crippen LogP contribution in [0.3, 0.4) is 0 Å². The average Bonchev–Trinajstić information content (AvgIpc) is 3.54. The van der Waals surface area contributed by atoms with Gasteiger partial charge in [0.2, 0.25) is 11.8 Å². The number of rotatable bonds is 4. The van der Waals surface area contributed by atoms with Crippen molar-refractivity contribution in [1.82, 2.24) is 4.90 Å². The smallest absolute Gasteiger partial charge is 0.246 e. The summed E-state index contributed by atoms with van der Waals surface area (Å²) in [6.07, 6.45) is 2.53. The molecular weight excluding hydrogens is 338 g/mol. The molecule has 1 aliphatic heterocycles. The lowest BCUT2D eigenvalue weighted by Crippen LogP contribution is -2.59. The highest BCUT2D eigenvalue weighted by Gasteiger charge is 2.41. The van der Waals surface area contributed by atoms with Gasteiger partial charge in [0.25, 0.3) is 0 Å². The van der Waals surface area contributed by atoms with E-state index in [1.807, 2.05) is 36.4 Å². The number of hydrogen-bond acceptors (Lipinski definition) is 3. The fraction of sp³-hybridized carbons (Fsp3) is 0.318. The monoisotopic (exact) mass is 359 g/mol. The Balaban J connectivity index is 1.64. The number of carbonyl (C=O) groups excluding carboxylic acids is 2. The van der Waals surface area contributed by atoms with Crippen LogP contribution in [0.4, 0.5) is 5.69 Å². The van der Waals surface area contributed by atoms with Gasteiger partial charge in [0.1, 0.15) is 12.6 Å². The van der Waals surface area contributed by atoms with Gasteiger partial charge in [-0.15, -0.1) is 0 Å². The lowest BCUT2D eigenvalue weighted by atomic mass is 10.00. The molecule has 2 amide bonds. The van der Waals surface area contributed by atoms with Gasteiger partial charge in [-0.25, -0.2) is 0 Å². The largest absolute Gasteiger partial charge is 0.328 e. The van der Waals surface area contributed by atoms with E-state index in [0.717, 1.165) is 18.4 Å². The number of nitrogens with zero attached hydrogens (tertiary/aromatic N) is 3. The first-order valence-electron chi connectivity index (χ1n) is 9.31. The van der Waals surface area contributed by atoms with Crippen LogP contribution in [0.2, 0.25) is 0 Å². The van der Waals surface area contributed by atoms with Crippen LogP contribution < -0.4 is 4.90 Å². The van der Waals surface area contributed by atoms with E-state index < -0.39 is 0 Å². The molecule has 2 aromatic rings. The first kappa shape index (κ1) is 17.3. The first-order valence-corrected chi connectivity index (χ1v) is 9.31. The van der Waals surface area contributed by atoms with Gasteiger partial charge < -0.3 is 9.80 Å². The van der Waals surface area contributed by atoms with Crippen LogP contribution in [0.15, 0.2) is 54.6 Å². The number of benzene rings is 2. The second-order valence-corrected chi connectivity index (χ2v) is 7.22. The number of amides is 2. The molecule has 1 aliphatic carbocycles. The predicted octanol–water partition coefficient (Wildman–Crippen LogP) is 2.75. The third-order valence-corrected chi connectivity index (χ3v) is 5.28. The quantitative estimate of drug-likeness (QED) is 0.843. The molecule has 1 saturated heterocycles. The van der Waals surface area contributed by atoms with E-state index in [1.54, 1.807) is 28.0 Å². The van der Waals surface area contributed by atoms with Crippen molar-refractivity contribution in [3.05, 3.63) is 65.7 Å². The van der Waals surface area contributed by atoms with Gasteiger partial charge in [-0.3, -0.25) is 9.59 Å². The standard InChI is InChI=1S/C22H21N3O2/c23-13-18-8-4-5-9-20(18)25-14-19(12-16-6-2-1-3-7-16)24(15-21(25)26)22(27)17-10-11-17/h1-9,17,19H,10-12,14-15H2/t19-/m0/s1. The van der Waals surface area contributed by atoms with E-state index in [2.05, 4.69) is 6.07 Å². The number of anilines is 1. The first-order chi connectivity index (χ1) is 13.2. The van der Waals surface area contributed by atoms with Crippen LogP contribution in [-0.2, 0) is 16.0 Å². The van der Waals surface area contributed by atoms with E-state index >= 15 is 0 Å². The molecule has 0 bridgehead atoms. The summed E-state index contributed by atoms with van der Waals surface area (Å²) in [5.74, 6) is 0.0440. The molecule has 5 nitrogen and oxygen atoms in total. The highest BCUT2D eigenvalue weighted by molar-refractivity contribution is 5.99. The van der Waals surface area contributed by atoms with Crippen LogP contribution in [0.1, 0.15) is 24.0 Å². The summed E-state index contributed by atoms with van der Waals surface area (Å²) in [4.78, 5) is 29.0. The molecule has 5 heteroatoms. The van der Waals surface area contributed by atoms with Crippen LogP contribution >= 0.6 is 0 Å². The van der Waals surface area contributed by atoms with Crippen molar-refractivity contribution in [3.8, 4) is 6.07 Å². The Bertz CT molecular complexity index is 899. The summed E-state index contributed by atoms with van der Waals surface area (Å²) in [6.45, 7) is 0.484. The second kappa shape index (κ2) is 7.24. The Morgan fingerprint density at radius 2 is 1.78 bits per heavy atom. The van der Waals surface area contributed by atoms with Gasteiger partial charge in [-0.1, -0.05) is 42.5 Å². The molecule has 136 valence electrons. The minimum absolute atomic E-state index is 0.0760. The van der Waals surface area contributed by atoms with Crippen molar-refractivity contribution in [3.63, 3.8) is 0 Å². The molecule has 0 radical (unpaired) electrons. The van der Waals surface area contributed by atoms with Crippen molar-refractivity contribution in [2.45, 2.75) is 25.3 Å². The summed E-state index contributed by atoms with van der Waals surface area (Å²) in [5.41, 5.74) is 2.24. The van der Waals surface area contributed by atoms with Crippen LogP contribution in [-0.4, -0.2) is 35.8 Å². The Labute approximate surface area is 158 Å². The molecule has 2 aromatic carbocycles. The molecule has 1 heterocycles. The van der Waals surface area contributed by atoms with Gasteiger partial charge in [-0.05, 0) is 37.0 Å². The van der Waals surface area contributed by atoms with Crippen molar-refractivity contribution in [2.24, 2.45) is 5.92 Å². The number of nitriles is 1. The van der Waals surface area contributed by atoms with Crippen LogP contribution in [0, 0.1) is 17.2 Å². The molecule has 1 atom stereocenters. The maximum absolute atomic E-state index is 12.8. The SMILES string of the molecule is N#Cc1ccccc1N1C[C@H](Cc2ccccc2)N(C(=O)C2CC2)CC1=O. The normalized spacial score (nSPS) is 19.7. The van der Waals surface area contributed by atoms with E-state index in [4.69, 9.17) is 0 Å². The Morgan fingerprint density at radius 3 is 2.48 bits per heavy atom. The van der Waals surface area contributed by atoms with E-state index in [0.29, 0.717) is 24.2 Å². The van der Waals surface area contributed by atoms with E-state index in [9.17, 15) is 14.9 Å². The topological polar surface area (TPSA) is 64.4 Å². The van der Waals surface area contributed by atoms with Gasteiger partial charge in [0.05, 0.1) is 17.3 Å². The molecule has 2 aliphatic rings. The summed E-state index contributed by atoms with van der Waals surface area (Å²) in [5, 5.41) is 9.41. The Hall–Kier alpha value is -3.13. The molecule has 0 N–H and O–H groups in total. The minimum Gasteiger partial charge on any atom is -0.328 e. The van der Waals surface area contributed by atoms with Crippen molar-refractivity contribution in [2.75, 3.05) is 18.0 Å². The second-order valence-electron chi connectivity index (χ2n) is 7.22. The zero-order valence-corrected chi connectivity index (χ0v) is 15.0. The molecule has 27 heavy (non-hydrogen) atoms. The number of carbonyl (C=O) groups is 2. The number of para-hydroxylation sites is 1. The Kier molecular flexibility index (Phi) is 4.64. The molecule has 0 spiro atoms. The molecule has 0 aromatic heterocycles. The average molecular weight is 359 g/mol. The predicted molar refractivity (Wildman–Crippen MR) is 102 cm³/mol. The van der Waals surface area contributed by atoms with Gasteiger partial charge in [0, 0.05) is 12.5 Å². The summed E-state index contributed by atoms with van der Waals surface area (Å²) in [7, 11) is 0. The maximum Gasteiger partial charge on any atom is 0.246 e.